The Labute approximate surface area is 157 Å². The lowest BCUT2D eigenvalue weighted by molar-refractivity contribution is -0.117. The van der Waals surface area contributed by atoms with Crippen molar-refractivity contribution in [2.45, 2.75) is 39.0 Å². The van der Waals surface area contributed by atoms with E-state index in [1.54, 1.807) is 29.8 Å². The molecule has 0 radical (unpaired) electrons. The first-order valence-electron chi connectivity index (χ1n) is 9.36. The smallest absolute Gasteiger partial charge is 0.267 e. The SMILES string of the molecule is Cc1nc2ncccc2c(=O)n1-c1cccc(NC(=O)CC2CCCC2)c1. The summed E-state index contributed by atoms with van der Waals surface area (Å²) in [6, 6.07) is 10.8. The number of hydrogen-bond acceptors (Lipinski definition) is 4. The second-order valence-corrected chi connectivity index (χ2v) is 7.13. The zero-order valence-corrected chi connectivity index (χ0v) is 15.3. The Morgan fingerprint density at radius 1 is 1.22 bits per heavy atom. The van der Waals surface area contributed by atoms with Gasteiger partial charge in [0.25, 0.3) is 5.56 Å². The van der Waals surface area contributed by atoms with E-state index >= 15 is 0 Å². The second-order valence-electron chi connectivity index (χ2n) is 7.13. The van der Waals surface area contributed by atoms with E-state index in [1.807, 2.05) is 24.3 Å². The minimum atomic E-state index is -0.167. The minimum Gasteiger partial charge on any atom is -0.326 e. The maximum atomic E-state index is 12.9. The van der Waals surface area contributed by atoms with Crippen LogP contribution < -0.4 is 10.9 Å². The molecule has 1 aliphatic carbocycles. The van der Waals surface area contributed by atoms with Crippen LogP contribution in [0.4, 0.5) is 5.69 Å². The van der Waals surface area contributed by atoms with Gasteiger partial charge < -0.3 is 5.32 Å². The lowest BCUT2D eigenvalue weighted by Gasteiger charge is -2.13. The van der Waals surface area contributed by atoms with E-state index in [-0.39, 0.29) is 11.5 Å². The highest BCUT2D eigenvalue weighted by Crippen LogP contribution is 2.28. The molecule has 0 unspecified atom stereocenters. The predicted octanol–water partition coefficient (Wildman–Crippen LogP) is 3.61. The van der Waals surface area contributed by atoms with Gasteiger partial charge in [0.1, 0.15) is 5.82 Å². The summed E-state index contributed by atoms with van der Waals surface area (Å²) >= 11 is 0. The summed E-state index contributed by atoms with van der Waals surface area (Å²) in [6.07, 6.45) is 6.90. The van der Waals surface area contributed by atoms with Crippen LogP contribution >= 0.6 is 0 Å². The average Bonchev–Trinajstić information content (AvgIpc) is 3.15. The van der Waals surface area contributed by atoms with Crippen LogP contribution in [0.5, 0.6) is 0 Å². The number of nitrogens with zero attached hydrogens (tertiary/aromatic N) is 3. The molecule has 0 aliphatic heterocycles. The first kappa shape index (κ1) is 17.4. The first-order valence-corrected chi connectivity index (χ1v) is 9.36. The zero-order valence-electron chi connectivity index (χ0n) is 15.3. The summed E-state index contributed by atoms with van der Waals surface area (Å²) in [7, 11) is 0. The van der Waals surface area contributed by atoms with Gasteiger partial charge in [0, 0.05) is 18.3 Å². The highest BCUT2D eigenvalue weighted by atomic mass is 16.1. The lowest BCUT2D eigenvalue weighted by atomic mass is 10.0. The van der Waals surface area contributed by atoms with Gasteiger partial charge >= 0.3 is 0 Å². The molecule has 6 heteroatoms. The zero-order chi connectivity index (χ0) is 18.8. The molecule has 6 nitrogen and oxygen atoms in total. The lowest BCUT2D eigenvalue weighted by Crippen LogP contribution is -2.23. The topological polar surface area (TPSA) is 76.9 Å². The Bertz CT molecular complexity index is 1050. The molecule has 0 saturated heterocycles. The number of aromatic nitrogens is 3. The maximum Gasteiger partial charge on any atom is 0.267 e. The van der Waals surface area contributed by atoms with Gasteiger partial charge in [-0.05, 0) is 56.0 Å². The molecule has 27 heavy (non-hydrogen) atoms. The number of carbonyl (C=O) groups excluding carboxylic acids is 1. The summed E-state index contributed by atoms with van der Waals surface area (Å²) in [6.45, 7) is 1.78. The number of hydrogen-bond donors (Lipinski definition) is 1. The monoisotopic (exact) mass is 362 g/mol. The van der Waals surface area contributed by atoms with Gasteiger partial charge in [-0.3, -0.25) is 14.2 Å². The van der Waals surface area contributed by atoms with Crippen LogP contribution in [0, 0.1) is 12.8 Å². The molecule has 3 aromatic rings. The Balaban J connectivity index is 1.63. The molecule has 1 amide bonds. The average molecular weight is 362 g/mol. The Morgan fingerprint density at radius 2 is 2.04 bits per heavy atom. The number of anilines is 1. The van der Waals surface area contributed by atoms with Crippen molar-refractivity contribution in [2.24, 2.45) is 5.92 Å². The van der Waals surface area contributed by atoms with E-state index in [0.29, 0.717) is 40.6 Å². The largest absolute Gasteiger partial charge is 0.326 e. The first-order chi connectivity index (χ1) is 13.1. The summed E-state index contributed by atoms with van der Waals surface area (Å²) < 4.78 is 1.55. The van der Waals surface area contributed by atoms with Crippen molar-refractivity contribution >= 4 is 22.6 Å². The van der Waals surface area contributed by atoms with Crippen LogP contribution in [0.1, 0.15) is 37.9 Å². The summed E-state index contributed by atoms with van der Waals surface area (Å²) in [5.41, 5.74) is 1.64. The number of carbonyl (C=O) groups is 1. The van der Waals surface area contributed by atoms with Crippen molar-refractivity contribution < 1.29 is 4.79 Å². The van der Waals surface area contributed by atoms with Crippen LogP contribution in [0.2, 0.25) is 0 Å². The van der Waals surface area contributed by atoms with Gasteiger partial charge in [0.2, 0.25) is 5.91 Å². The molecule has 138 valence electrons. The molecule has 2 aromatic heterocycles. The predicted molar refractivity (Wildman–Crippen MR) is 105 cm³/mol. The number of fused-ring (bicyclic) bond motifs is 1. The van der Waals surface area contributed by atoms with Crippen LogP contribution in [0.3, 0.4) is 0 Å². The fraction of sp³-hybridized carbons (Fsp3) is 0.333. The molecule has 1 N–H and O–H groups in total. The van der Waals surface area contributed by atoms with Crippen LogP contribution in [-0.2, 0) is 4.79 Å². The number of rotatable bonds is 4. The summed E-state index contributed by atoms with van der Waals surface area (Å²) in [5, 5.41) is 3.44. The number of nitrogens with one attached hydrogen (secondary N) is 1. The van der Waals surface area contributed by atoms with Crippen molar-refractivity contribution in [3.63, 3.8) is 0 Å². The van der Waals surface area contributed by atoms with Crippen molar-refractivity contribution in [1.82, 2.24) is 14.5 Å². The third kappa shape index (κ3) is 3.60. The van der Waals surface area contributed by atoms with Crippen LogP contribution in [-0.4, -0.2) is 20.4 Å². The molecule has 4 rings (SSSR count). The maximum absolute atomic E-state index is 12.9. The Hall–Kier alpha value is -3.02. The van der Waals surface area contributed by atoms with Gasteiger partial charge in [0.05, 0.1) is 11.1 Å². The molecule has 1 fully saturated rings. The molecule has 1 aliphatic rings. The van der Waals surface area contributed by atoms with Gasteiger partial charge in [-0.2, -0.15) is 0 Å². The summed E-state index contributed by atoms with van der Waals surface area (Å²) in [4.78, 5) is 33.8. The molecular weight excluding hydrogens is 340 g/mol. The molecule has 1 saturated carbocycles. The molecule has 0 bridgehead atoms. The van der Waals surface area contributed by atoms with E-state index in [0.717, 1.165) is 12.8 Å². The highest BCUT2D eigenvalue weighted by Gasteiger charge is 2.18. The number of pyridine rings is 1. The van der Waals surface area contributed by atoms with Gasteiger partial charge in [0.15, 0.2) is 5.65 Å². The Morgan fingerprint density at radius 3 is 2.85 bits per heavy atom. The van der Waals surface area contributed by atoms with E-state index < -0.39 is 0 Å². The minimum absolute atomic E-state index is 0.0314. The van der Waals surface area contributed by atoms with Gasteiger partial charge in [-0.25, -0.2) is 9.97 Å². The van der Waals surface area contributed by atoms with E-state index in [1.165, 1.54) is 12.8 Å². The van der Waals surface area contributed by atoms with E-state index in [4.69, 9.17) is 0 Å². The normalized spacial score (nSPS) is 14.6. The molecule has 0 spiro atoms. The van der Waals surface area contributed by atoms with Crippen LogP contribution in [0.25, 0.3) is 16.7 Å². The Kier molecular flexibility index (Phi) is 4.71. The summed E-state index contributed by atoms with van der Waals surface area (Å²) in [5.74, 6) is 1.08. The van der Waals surface area contributed by atoms with Gasteiger partial charge in [-0.1, -0.05) is 18.9 Å². The van der Waals surface area contributed by atoms with Crippen molar-refractivity contribution in [3.8, 4) is 5.69 Å². The third-order valence-corrected chi connectivity index (χ3v) is 5.15. The fourth-order valence-electron chi connectivity index (χ4n) is 3.84. The molecule has 2 heterocycles. The molecule has 0 atom stereocenters. The standard InChI is InChI=1S/C21H22N4O2/c1-14-23-20-18(10-5-11-22-20)21(27)25(14)17-9-4-8-16(13-17)24-19(26)12-15-6-2-3-7-15/h4-5,8-11,13,15H,2-3,6-7,12H2,1H3,(H,24,26). The van der Waals surface area contributed by atoms with Crippen molar-refractivity contribution in [3.05, 3.63) is 58.8 Å². The van der Waals surface area contributed by atoms with E-state index in [2.05, 4.69) is 15.3 Å². The van der Waals surface area contributed by atoms with E-state index in [9.17, 15) is 9.59 Å². The van der Waals surface area contributed by atoms with Crippen LogP contribution in [0.15, 0.2) is 47.4 Å². The second kappa shape index (κ2) is 7.31. The molecule has 1 aromatic carbocycles. The van der Waals surface area contributed by atoms with Crippen molar-refractivity contribution in [1.29, 1.82) is 0 Å². The third-order valence-electron chi connectivity index (χ3n) is 5.15. The quantitative estimate of drug-likeness (QED) is 0.769. The van der Waals surface area contributed by atoms with Crippen molar-refractivity contribution in [2.75, 3.05) is 5.32 Å². The number of amides is 1. The highest BCUT2D eigenvalue weighted by molar-refractivity contribution is 5.91. The van der Waals surface area contributed by atoms with Gasteiger partial charge in [-0.15, -0.1) is 0 Å². The number of aryl methyl sites for hydroxylation is 1. The number of benzene rings is 1. The fourth-order valence-corrected chi connectivity index (χ4v) is 3.84. The molecular formula is C21H22N4O2.